The molecule has 0 radical (unpaired) electrons. The quantitative estimate of drug-likeness (QED) is 0.696. The highest BCUT2D eigenvalue weighted by Crippen LogP contribution is 2.20. The van der Waals surface area contributed by atoms with E-state index in [-0.39, 0.29) is 18.4 Å². The number of nitrogens with zero attached hydrogens (tertiary/aromatic N) is 2. The van der Waals surface area contributed by atoms with Crippen LogP contribution in [0.15, 0.2) is 0 Å². The number of carbonyl (C=O) groups is 1. The first kappa shape index (κ1) is 15.2. The van der Waals surface area contributed by atoms with Crippen LogP contribution in [-0.4, -0.2) is 28.5 Å². The second-order valence-corrected chi connectivity index (χ2v) is 4.74. The molecule has 0 fully saturated rings. The largest absolute Gasteiger partial charge is 0.370 e. The van der Waals surface area contributed by atoms with Crippen LogP contribution < -0.4 is 16.4 Å². The topological polar surface area (TPSA) is 92.9 Å². The summed E-state index contributed by atoms with van der Waals surface area (Å²) in [7, 11) is 0. The van der Waals surface area contributed by atoms with Crippen LogP contribution in [0.25, 0.3) is 0 Å². The Bertz CT molecular complexity index is 447. The van der Waals surface area contributed by atoms with Crippen molar-refractivity contribution in [3.63, 3.8) is 0 Å². The van der Waals surface area contributed by atoms with Gasteiger partial charge in [0.1, 0.15) is 17.5 Å². The maximum absolute atomic E-state index is 10.9. The molecule has 0 aliphatic carbocycles. The SMILES string of the molecule is CCCNc1nc(C)nc(NC(C)CC(N)=O)c1C. The minimum atomic E-state index is -0.326. The van der Waals surface area contributed by atoms with Crippen molar-refractivity contribution in [1.29, 1.82) is 0 Å². The zero-order chi connectivity index (χ0) is 14.4. The van der Waals surface area contributed by atoms with Crippen LogP contribution in [0.4, 0.5) is 11.6 Å². The summed E-state index contributed by atoms with van der Waals surface area (Å²) in [6, 6.07) is -0.0514. The average molecular weight is 265 g/mol. The number of aromatic nitrogens is 2. The van der Waals surface area contributed by atoms with E-state index in [9.17, 15) is 4.79 Å². The molecule has 0 spiro atoms. The smallest absolute Gasteiger partial charge is 0.219 e. The molecule has 1 aromatic heterocycles. The maximum atomic E-state index is 10.9. The summed E-state index contributed by atoms with van der Waals surface area (Å²) >= 11 is 0. The molecule has 1 atom stereocenters. The Kier molecular flexibility index (Phi) is 5.54. The van der Waals surface area contributed by atoms with Crippen molar-refractivity contribution in [2.45, 2.75) is 46.6 Å². The van der Waals surface area contributed by atoms with E-state index in [1.54, 1.807) is 0 Å². The van der Waals surface area contributed by atoms with Crippen LogP contribution in [0.1, 0.15) is 38.1 Å². The average Bonchev–Trinajstić information content (AvgIpc) is 2.30. The lowest BCUT2D eigenvalue weighted by Gasteiger charge is -2.17. The first-order valence-electron chi connectivity index (χ1n) is 6.58. The third-order valence-corrected chi connectivity index (χ3v) is 2.69. The predicted molar refractivity (Wildman–Crippen MR) is 77.2 cm³/mol. The van der Waals surface area contributed by atoms with Crippen LogP contribution in [-0.2, 0) is 4.79 Å². The highest BCUT2D eigenvalue weighted by Gasteiger charge is 2.12. The van der Waals surface area contributed by atoms with Crippen LogP contribution in [0.5, 0.6) is 0 Å². The number of rotatable bonds is 7. The third-order valence-electron chi connectivity index (χ3n) is 2.69. The molecule has 1 rings (SSSR count). The number of aryl methyl sites for hydroxylation is 1. The molecule has 0 bridgehead atoms. The van der Waals surface area contributed by atoms with Crippen LogP contribution in [0, 0.1) is 13.8 Å². The molecular weight excluding hydrogens is 242 g/mol. The Hall–Kier alpha value is -1.85. The Balaban J connectivity index is 2.87. The fourth-order valence-corrected chi connectivity index (χ4v) is 1.77. The Morgan fingerprint density at radius 3 is 2.53 bits per heavy atom. The monoisotopic (exact) mass is 265 g/mol. The number of primary amides is 1. The van der Waals surface area contributed by atoms with Crippen molar-refractivity contribution in [3.05, 3.63) is 11.4 Å². The summed E-state index contributed by atoms with van der Waals surface area (Å²) in [5.74, 6) is 1.95. The molecule has 0 aliphatic heterocycles. The highest BCUT2D eigenvalue weighted by molar-refractivity contribution is 5.75. The van der Waals surface area contributed by atoms with E-state index < -0.39 is 0 Å². The van der Waals surface area contributed by atoms with Gasteiger partial charge in [0.15, 0.2) is 0 Å². The van der Waals surface area contributed by atoms with Crippen molar-refractivity contribution in [2.24, 2.45) is 5.73 Å². The van der Waals surface area contributed by atoms with Gasteiger partial charge in [0.05, 0.1) is 0 Å². The number of nitrogens with two attached hydrogens (primary N) is 1. The van der Waals surface area contributed by atoms with E-state index in [0.29, 0.717) is 5.82 Å². The van der Waals surface area contributed by atoms with E-state index in [4.69, 9.17) is 5.73 Å². The number of carbonyl (C=O) groups excluding carboxylic acids is 1. The number of hydrogen-bond acceptors (Lipinski definition) is 5. The van der Waals surface area contributed by atoms with Gasteiger partial charge in [-0.15, -0.1) is 0 Å². The molecule has 0 aromatic carbocycles. The summed E-state index contributed by atoms with van der Waals surface area (Å²) in [5.41, 5.74) is 6.14. The van der Waals surface area contributed by atoms with Gasteiger partial charge in [-0.25, -0.2) is 9.97 Å². The molecule has 1 aromatic rings. The van der Waals surface area contributed by atoms with Gasteiger partial charge in [0.25, 0.3) is 0 Å². The lowest BCUT2D eigenvalue weighted by molar-refractivity contribution is -0.118. The van der Waals surface area contributed by atoms with Crippen molar-refractivity contribution in [2.75, 3.05) is 17.2 Å². The van der Waals surface area contributed by atoms with Gasteiger partial charge in [-0.3, -0.25) is 4.79 Å². The molecule has 0 aliphatic rings. The summed E-state index contributed by atoms with van der Waals surface area (Å²) in [4.78, 5) is 19.7. The number of hydrogen-bond donors (Lipinski definition) is 3. The van der Waals surface area contributed by atoms with Gasteiger partial charge in [0.2, 0.25) is 5.91 Å². The summed E-state index contributed by atoms with van der Waals surface area (Å²) in [6.07, 6.45) is 1.31. The Morgan fingerprint density at radius 1 is 1.32 bits per heavy atom. The molecule has 6 heteroatoms. The second kappa shape index (κ2) is 6.92. The van der Waals surface area contributed by atoms with E-state index in [1.165, 1.54) is 0 Å². The van der Waals surface area contributed by atoms with E-state index in [0.717, 1.165) is 30.2 Å². The predicted octanol–water partition coefficient (Wildman–Crippen LogP) is 1.59. The Labute approximate surface area is 114 Å². The molecule has 1 amide bonds. The first-order valence-corrected chi connectivity index (χ1v) is 6.58. The standard InChI is InChI=1S/C13H23N5O/c1-5-6-15-12-9(3)13(18-10(4)17-12)16-8(2)7-11(14)19/h8H,5-7H2,1-4H3,(H2,14,19)(H2,15,16,17,18). The first-order chi connectivity index (χ1) is 8.93. The van der Waals surface area contributed by atoms with Crippen molar-refractivity contribution >= 4 is 17.5 Å². The van der Waals surface area contributed by atoms with Crippen molar-refractivity contribution in [1.82, 2.24) is 9.97 Å². The van der Waals surface area contributed by atoms with E-state index in [1.807, 2.05) is 20.8 Å². The zero-order valence-electron chi connectivity index (χ0n) is 12.1. The lowest BCUT2D eigenvalue weighted by Crippen LogP contribution is -2.25. The number of nitrogens with one attached hydrogen (secondary N) is 2. The van der Waals surface area contributed by atoms with Crippen molar-refractivity contribution in [3.8, 4) is 0 Å². The second-order valence-electron chi connectivity index (χ2n) is 4.74. The molecule has 6 nitrogen and oxygen atoms in total. The van der Waals surface area contributed by atoms with Gasteiger partial charge < -0.3 is 16.4 Å². The zero-order valence-corrected chi connectivity index (χ0v) is 12.1. The van der Waals surface area contributed by atoms with Crippen molar-refractivity contribution < 1.29 is 4.79 Å². The summed E-state index contributed by atoms with van der Waals surface area (Å²) < 4.78 is 0. The minimum absolute atomic E-state index is 0.0514. The number of amides is 1. The van der Waals surface area contributed by atoms with Crippen LogP contribution >= 0.6 is 0 Å². The molecule has 4 N–H and O–H groups in total. The molecule has 106 valence electrons. The molecule has 19 heavy (non-hydrogen) atoms. The van der Waals surface area contributed by atoms with Crippen LogP contribution in [0.2, 0.25) is 0 Å². The molecule has 0 saturated carbocycles. The summed E-state index contributed by atoms with van der Waals surface area (Å²) in [5, 5.41) is 6.48. The maximum Gasteiger partial charge on any atom is 0.219 e. The Morgan fingerprint density at radius 2 is 1.95 bits per heavy atom. The lowest BCUT2D eigenvalue weighted by atomic mass is 10.2. The van der Waals surface area contributed by atoms with Crippen LogP contribution in [0.3, 0.4) is 0 Å². The molecule has 0 saturated heterocycles. The van der Waals surface area contributed by atoms with Gasteiger partial charge in [-0.2, -0.15) is 0 Å². The summed E-state index contributed by atoms with van der Waals surface area (Å²) in [6.45, 7) is 8.68. The highest BCUT2D eigenvalue weighted by atomic mass is 16.1. The normalized spacial score (nSPS) is 12.0. The number of anilines is 2. The molecule has 1 unspecified atom stereocenters. The fraction of sp³-hybridized carbons (Fsp3) is 0.615. The fourth-order valence-electron chi connectivity index (χ4n) is 1.77. The molecule has 1 heterocycles. The third kappa shape index (κ3) is 4.73. The van der Waals surface area contributed by atoms with Gasteiger partial charge in [0, 0.05) is 24.6 Å². The van der Waals surface area contributed by atoms with Gasteiger partial charge in [-0.05, 0) is 27.2 Å². The van der Waals surface area contributed by atoms with E-state index >= 15 is 0 Å². The molecular formula is C13H23N5O. The van der Waals surface area contributed by atoms with Gasteiger partial charge in [-0.1, -0.05) is 6.92 Å². The van der Waals surface area contributed by atoms with E-state index in [2.05, 4.69) is 27.5 Å². The minimum Gasteiger partial charge on any atom is -0.370 e. The van der Waals surface area contributed by atoms with Gasteiger partial charge >= 0.3 is 0 Å².